The van der Waals surface area contributed by atoms with Gasteiger partial charge in [-0.05, 0) is 24.3 Å². The summed E-state index contributed by atoms with van der Waals surface area (Å²) in [6.07, 6.45) is 0. The summed E-state index contributed by atoms with van der Waals surface area (Å²) in [7, 11) is -3.78. The number of hydrogen-bond donors (Lipinski definition) is 1. The van der Waals surface area contributed by atoms with Crippen LogP contribution in [-0.2, 0) is 14.8 Å². The first-order valence-corrected chi connectivity index (χ1v) is 8.09. The number of nitrogens with one attached hydrogen (secondary N) is 1. The van der Waals surface area contributed by atoms with Crippen molar-refractivity contribution >= 4 is 32.9 Å². The Labute approximate surface area is 119 Å². The summed E-state index contributed by atoms with van der Waals surface area (Å²) in [5, 5.41) is -0.379. The summed E-state index contributed by atoms with van der Waals surface area (Å²) in [6.45, 7) is -0.108. The highest BCUT2D eigenvalue weighted by atomic mass is 32.2. The van der Waals surface area contributed by atoms with E-state index in [9.17, 15) is 22.4 Å². The highest BCUT2D eigenvalue weighted by Gasteiger charge is 2.29. The molecule has 0 aliphatic carbocycles. The number of carbonyl (C=O) groups excluding carboxylic acids is 2. The molecule has 0 saturated carbocycles. The van der Waals surface area contributed by atoms with E-state index in [1.807, 2.05) is 0 Å². The van der Waals surface area contributed by atoms with Crippen LogP contribution in [0.15, 0.2) is 29.2 Å². The van der Waals surface area contributed by atoms with Crippen molar-refractivity contribution in [3.05, 3.63) is 30.1 Å². The van der Waals surface area contributed by atoms with Crippen LogP contribution in [0.3, 0.4) is 0 Å². The van der Waals surface area contributed by atoms with Gasteiger partial charge in [0.15, 0.2) is 0 Å². The second-order valence-corrected chi connectivity index (χ2v) is 6.65. The van der Waals surface area contributed by atoms with Crippen LogP contribution in [0.1, 0.15) is 0 Å². The Bertz CT molecular complexity index is 614. The van der Waals surface area contributed by atoms with Gasteiger partial charge in [-0.15, -0.1) is 0 Å². The molecule has 0 radical (unpaired) electrons. The van der Waals surface area contributed by atoms with Gasteiger partial charge in [0.2, 0.25) is 15.9 Å². The van der Waals surface area contributed by atoms with Crippen molar-refractivity contribution in [2.75, 3.05) is 18.8 Å². The number of imide groups is 1. The number of sulfonamides is 1. The molecule has 1 heterocycles. The Morgan fingerprint density at radius 3 is 2.45 bits per heavy atom. The first-order valence-electron chi connectivity index (χ1n) is 5.62. The minimum absolute atomic E-state index is 0.0227. The van der Waals surface area contributed by atoms with E-state index in [4.69, 9.17) is 0 Å². The van der Waals surface area contributed by atoms with Gasteiger partial charge >= 0.3 is 0 Å². The first-order chi connectivity index (χ1) is 9.40. The standard InChI is InChI=1S/C11H11FN2O4S2/c12-8-1-3-9(4-2-8)20(17,18)13-5-6-14-10(15)7-19-11(14)16/h1-4,13H,5-7H2. The highest BCUT2D eigenvalue weighted by Crippen LogP contribution is 2.18. The summed E-state index contributed by atoms with van der Waals surface area (Å²) in [6, 6.07) is 4.36. The Balaban J connectivity index is 1.94. The number of benzene rings is 1. The molecule has 0 bridgehead atoms. The lowest BCUT2D eigenvalue weighted by Gasteiger charge is -2.13. The zero-order valence-corrected chi connectivity index (χ0v) is 11.8. The first kappa shape index (κ1) is 14.9. The lowest BCUT2D eigenvalue weighted by Crippen LogP contribution is -2.37. The minimum atomic E-state index is -3.78. The molecule has 1 aliphatic heterocycles. The van der Waals surface area contributed by atoms with E-state index >= 15 is 0 Å². The Morgan fingerprint density at radius 2 is 1.90 bits per heavy atom. The third-order valence-corrected chi connectivity index (χ3v) is 4.93. The molecular weight excluding hydrogens is 307 g/mol. The van der Waals surface area contributed by atoms with Gasteiger partial charge in [-0.2, -0.15) is 0 Å². The van der Waals surface area contributed by atoms with Crippen molar-refractivity contribution in [3.63, 3.8) is 0 Å². The van der Waals surface area contributed by atoms with Gasteiger partial charge in [0.05, 0.1) is 10.6 Å². The number of carbonyl (C=O) groups is 2. The molecule has 108 valence electrons. The third-order valence-electron chi connectivity index (χ3n) is 2.59. The van der Waals surface area contributed by atoms with E-state index in [0.29, 0.717) is 0 Å². The lowest BCUT2D eigenvalue weighted by molar-refractivity contribution is -0.124. The molecule has 1 saturated heterocycles. The van der Waals surface area contributed by atoms with Gasteiger partial charge < -0.3 is 0 Å². The molecule has 0 atom stereocenters. The Morgan fingerprint density at radius 1 is 1.25 bits per heavy atom. The molecule has 2 amide bonds. The minimum Gasteiger partial charge on any atom is -0.273 e. The van der Waals surface area contributed by atoms with Crippen LogP contribution in [0.2, 0.25) is 0 Å². The van der Waals surface area contributed by atoms with Crippen molar-refractivity contribution in [2.24, 2.45) is 0 Å². The molecule has 20 heavy (non-hydrogen) atoms. The zero-order chi connectivity index (χ0) is 14.8. The van der Waals surface area contributed by atoms with Crippen molar-refractivity contribution in [1.29, 1.82) is 0 Å². The molecule has 1 fully saturated rings. The van der Waals surface area contributed by atoms with E-state index in [1.54, 1.807) is 0 Å². The van der Waals surface area contributed by atoms with Crippen LogP contribution in [0.5, 0.6) is 0 Å². The smallest absolute Gasteiger partial charge is 0.273 e. The van der Waals surface area contributed by atoms with Gasteiger partial charge in [0.1, 0.15) is 5.82 Å². The summed E-state index contributed by atoms with van der Waals surface area (Å²) in [4.78, 5) is 23.5. The topological polar surface area (TPSA) is 83.6 Å². The number of rotatable bonds is 5. The molecule has 1 N–H and O–H groups in total. The second-order valence-electron chi connectivity index (χ2n) is 3.95. The van der Waals surface area contributed by atoms with Crippen LogP contribution >= 0.6 is 11.8 Å². The van der Waals surface area contributed by atoms with Gasteiger partial charge in [0, 0.05) is 13.1 Å². The number of thioether (sulfide) groups is 1. The molecular formula is C11H11FN2O4S2. The molecule has 2 rings (SSSR count). The molecule has 0 aromatic heterocycles. The van der Waals surface area contributed by atoms with E-state index in [1.165, 1.54) is 0 Å². The third kappa shape index (κ3) is 3.35. The van der Waals surface area contributed by atoms with Crippen LogP contribution < -0.4 is 4.72 Å². The van der Waals surface area contributed by atoms with E-state index in [2.05, 4.69) is 4.72 Å². The maximum absolute atomic E-state index is 12.7. The monoisotopic (exact) mass is 318 g/mol. The maximum atomic E-state index is 12.7. The quantitative estimate of drug-likeness (QED) is 0.868. The summed E-state index contributed by atoms with van der Waals surface area (Å²) < 4.78 is 38.7. The zero-order valence-electron chi connectivity index (χ0n) is 10.2. The van der Waals surface area contributed by atoms with Crippen molar-refractivity contribution in [1.82, 2.24) is 9.62 Å². The number of nitrogens with zero attached hydrogens (tertiary/aromatic N) is 1. The Hall–Kier alpha value is -1.45. The van der Waals surface area contributed by atoms with Crippen LogP contribution in [0.4, 0.5) is 9.18 Å². The largest absolute Gasteiger partial charge is 0.288 e. The Kier molecular flexibility index (Phi) is 4.41. The van der Waals surface area contributed by atoms with Crippen molar-refractivity contribution in [3.8, 4) is 0 Å². The predicted molar refractivity (Wildman–Crippen MR) is 71.2 cm³/mol. The van der Waals surface area contributed by atoms with Gasteiger partial charge in [0.25, 0.3) is 5.24 Å². The number of halogens is 1. The van der Waals surface area contributed by atoms with E-state index < -0.39 is 15.8 Å². The summed E-state index contributed by atoms with van der Waals surface area (Å²) >= 11 is 0.888. The summed E-state index contributed by atoms with van der Waals surface area (Å²) in [5.41, 5.74) is 0. The fourth-order valence-electron chi connectivity index (χ4n) is 1.59. The SMILES string of the molecule is O=C1CSC(=O)N1CCNS(=O)(=O)c1ccc(F)cc1. The summed E-state index contributed by atoms with van der Waals surface area (Å²) in [5.74, 6) is -0.779. The molecule has 6 nitrogen and oxygen atoms in total. The second kappa shape index (κ2) is 5.90. The van der Waals surface area contributed by atoms with Gasteiger partial charge in [-0.3, -0.25) is 14.5 Å². The molecule has 9 heteroatoms. The van der Waals surface area contributed by atoms with Gasteiger partial charge in [-0.25, -0.2) is 17.5 Å². The number of amides is 2. The molecule has 1 aromatic rings. The molecule has 1 aliphatic rings. The average molecular weight is 318 g/mol. The lowest BCUT2D eigenvalue weighted by atomic mass is 10.4. The van der Waals surface area contributed by atoms with Crippen LogP contribution in [0.25, 0.3) is 0 Å². The maximum Gasteiger partial charge on any atom is 0.288 e. The molecule has 0 spiro atoms. The van der Waals surface area contributed by atoms with Crippen LogP contribution in [0, 0.1) is 5.82 Å². The highest BCUT2D eigenvalue weighted by molar-refractivity contribution is 8.14. The van der Waals surface area contributed by atoms with E-state index in [-0.39, 0.29) is 34.9 Å². The molecule has 1 aromatic carbocycles. The average Bonchev–Trinajstić information content (AvgIpc) is 2.71. The fourth-order valence-corrected chi connectivity index (χ4v) is 3.36. The molecule has 0 unspecified atom stereocenters. The fraction of sp³-hybridized carbons (Fsp3) is 0.273. The van der Waals surface area contributed by atoms with Crippen LogP contribution in [-0.4, -0.2) is 43.3 Å². The normalized spacial score (nSPS) is 15.9. The van der Waals surface area contributed by atoms with Crippen molar-refractivity contribution < 1.29 is 22.4 Å². The van der Waals surface area contributed by atoms with E-state index in [0.717, 1.165) is 40.9 Å². The number of hydrogen-bond acceptors (Lipinski definition) is 5. The van der Waals surface area contributed by atoms with Gasteiger partial charge in [-0.1, -0.05) is 11.8 Å². The van der Waals surface area contributed by atoms with Crippen molar-refractivity contribution in [2.45, 2.75) is 4.90 Å². The predicted octanol–water partition coefficient (Wildman–Crippen LogP) is 0.799.